The number of nitrogens with zero attached hydrogens (tertiary/aromatic N) is 3. The molecule has 0 unspecified atom stereocenters. The number of hydrogen-bond donors (Lipinski definition) is 1. The first-order valence-electron chi connectivity index (χ1n) is 8.18. The molecule has 2 aromatic heterocycles. The number of halogens is 1. The standard InChI is InChI=1S/C18H19ClN4OS2/c1-12(22(2)3)17-20-21-18(23(17)14-8-6-13(19)7-9-14)26-11-15(24)16-5-4-10-25-16/h4-10,12H,11H2,1-3H3/p+1/t12-/m0/s1. The average Bonchev–Trinajstić information content (AvgIpc) is 3.29. The Labute approximate surface area is 166 Å². The molecular formula is C18H20ClN4OS2+. The summed E-state index contributed by atoms with van der Waals surface area (Å²) in [5, 5.41) is 12.1. The van der Waals surface area contributed by atoms with Crippen molar-refractivity contribution in [3.8, 4) is 5.69 Å². The highest BCUT2D eigenvalue weighted by molar-refractivity contribution is 7.99. The van der Waals surface area contributed by atoms with Crippen LogP contribution in [0.2, 0.25) is 5.02 Å². The molecule has 0 spiro atoms. The zero-order valence-corrected chi connectivity index (χ0v) is 17.2. The number of thioether (sulfide) groups is 1. The lowest BCUT2D eigenvalue weighted by Gasteiger charge is -2.18. The van der Waals surface area contributed by atoms with Crippen LogP contribution >= 0.6 is 34.7 Å². The van der Waals surface area contributed by atoms with Gasteiger partial charge in [0, 0.05) is 10.7 Å². The third-order valence-corrected chi connectivity index (χ3v) is 6.22. The Hall–Kier alpha value is -1.67. The fourth-order valence-corrected chi connectivity index (χ4v) is 4.11. The molecule has 1 atom stereocenters. The molecule has 1 N–H and O–H groups in total. The molecule has 5 nitrogen and oxygen atoms in total. The maximum absolute atomic E-state index is 12.3. The first-order valence-corrected chi connectivity index (χ1v) is 10.4. The molecule has 1 aromatic carbocycles. The lowest BCUT2D eigenvalue weighted by atomic mass is 10.2. The van der Waals surface area contributed by atoms with Gasteiger partial charge in [0.2, 0.25) is 0 Å². The predicted octanol–water partition coefficient (Wildman–Crippen LogP) is 3.16. The van der Waals surface area contributed by atoms with E-state index in [0.29, 0.717) is 15.9 Å². The highest BCUT2D eigenvalue weighted by Gasteiger charge is 2.24. The molecule has 0 amide bonds. The minimum Gasteiger partial charge on any atom is -0.331 e. The number of benzene rings is 1. The fourth-order valence-electron chi connectivity index (χ4n) is 2.38. The van der Waals surface area contributed by atoms with Crippen LogP contribution in [0.4, 0.5) is 0 Å². The van der Waals surface area contributed by atoms with Gasteiger partial charge in [0.05, 0.1) is 24.7 Å². The van der Waals surface area contributed by atoms with E-state index < -0.39 is 0 Å². The summed E-state index contributed by atoms with van der Waals surface area (Å²) in [4.78, 5) is 14.3. The average molecular weight is 408 g/mol. The van der Waals surface area contributed by atoms with Crippen LogP contribution in [-0.2, 0) is 0 Å². The number of rotatable bonds is 7. The van der Waals surface area contributed by atoms with E-state index in [1.165, 1.54) is 28.0 Å². The van der Waals surface area contributed by atoms with Crippen LogP contribution in [0.5, 0.6) is 0 Å². The molecule has 0 aliphatic carbocycles. The van der Waals surface area contributed by atoms with E-state index in [2.05, 4.69) is 31.2 Å². The van der Waals surface area contributed by atoms with Gasteiger partial charge >= 0.3 is 0 Å². The maximum atomic E-state index is 12.3. The summed E-state index contributed by atoms with van der Waals surface area (Å²) >= 11 is 8.90. The van der Waals surface area contributed by atoms with E-state index in [0.717, 1.165) is 16.4 Å². The van der Waals surface area contributed by atoms with E-state index in [1.54, 1.807) is 0 Å². The highest BCUT2D eigenvalue weighted by atomic mass is 35.5. The van der Waals surface area contributed by atoms with Crippen LogP contribution in [0.3, 0.4) is 0 Å². The molecule has 0 aliphatic heterocycles. The van der Waals surface area contributed by atoms with Crippen molar-refractivity contribution in [2.24, 2.45) is 0 Å². The minimum absolute atomic E-state index is 0.100. The fraction of sp³-hybridized carbons (Fsp3) is 0.278. The molecule has 3 rings (SSSR count). The van der Waals surface area contributed by atoms with Crippen LogP contribution in [0.15, 0.2) is 46.9 Å². The third-order valence-electron chi connectivity index (χ3n) is 4.12. The van der Waals surface area contributed by atoms with Crippen molar-refractivity contribution in [1.29, 1.82) is 0 Å². The molecule has 8 heteroatoms. The number of Topliss-reactive ketones (excluding diaryl/α,β-unsaturated/α-hetero) is 1. The summed E-state index contributed by atoms with van der Waals surface area (Å²) < 4.78 is 2.01. The Balaban J connectivity index is 1.91. The van der Waals surface area contributed by atoms with E-state index in [-0.39, 0.29) is 11.8 Å². The van der Waals surface area contributed by atoms with Gasteiger partial charge in [0.1, 0.15) is 6.04 Å². The Bertz CT molecular complexity index is 875. The second kappa shape index (κ2) is 8.35. The first-order chi connectivity index (χ1) is 12.5. The molecule has 0 saturated heterocycles. The van der Waals surface area contributed by atoms with Gasteiger partial charge in [-0.1, -0.05) is 29.4 Å². The number of carbonyl (C=O) groups excluding carboxylic acids is 1. The van der Waals surface area contributed by atoms with Gasteiger partial charge in [-0.05, 0) is 42.6 Å². The zero-order chi connectivity index (χ0) is 18.7. The van der Waals surface area contributed by atoms with E-state index in [4.69, 9.17) is 11.6 Å². The monoisotopic (exact) mass is 407 g/mol. The Morgan fingerprint density at radius 2 is 2.00 bits per heavy atom. The number of ketones is 1. The molecular weight excluding hydrogens is 388 g/mol. The van der Waals surface area contributed by atoms with Gasteiger partial charge in [-0.2, -0.15) is 0 Å². The summed E-state index contributed by atoms with van der Waals surface area (Å²) in [7, 11) is 4.16. The zero-order valence-electron chi connectivity index (χ0n) is 14.8. The number of carbonyl (C=O) groups is 1. The van der Waals surface area contributed by atoms with Crippen LogP contribution in [0, 0.1) is 0 Å². The van der Waals surface area contributed by atoms with Gasteiger partial charge in [-0.25, -0.2) is 0 Å². The number of quaternary nitrogens is 1. The maximum Gasteiger partial charge on any atom is 0.196 e. The van der Waals surface area contributed by atoms with E-state index in [9.17, 15) is 4.79 Å². The summed E-state index contributed by atoms with van der Waals surface area (Å²) in [6.07, 6.45) is 0. The summed E-state index contributed by atoms with van der Waals surface area (Å²) in [6, 6.07) is 11.5. The van der Waals surface area contributed by atoms with Gasteiger partial charge in [-0.15, -0.1) is 21.5 Å². The molecule has 0 fully saturated rings. The second-order valence-corrected chi connectivity index (χ2v) is 8.47. The Morgan fingerprint density at radius 1 is 1.27 bits per heavy atom. The van der Waals surface area contributed by atoms with Crippen LogP contribution in [-0.4, -0.2) is 40.4 Å². The normalized spacial score (nSPS) is 12.5. The molecule has 0 radical (unpaired) electrons. The van der Waals surface area contributed by atoms with Crippen molar-refractivity contribution in [1.82, 2.24) is 14.8 Å². The summed E-state index contributed by atoms with van der Waals surface area (Å²) in [5.41, 5.74) is 0.938. The smallest absolute Gasteiger partial charge is 0.196 e. The topological polar surface area (TPSA) is 52.2 Å². The lowest BCUT2D eigenvalue weighted by Crippen LogP contribution is -3.05. The van der Waals surface area contributed by atoms with Crippen molar-refractivity contribution >= 4 is 40.5 Å². The van der Waals surface area contributed by atoms with Crippen LogP contribution < -0.4 is 4.90 Å². The van der Waals surface area contributed by atoms with E-state index >= 15 is 0 Å². The molecule has 0 aliphatic rings. The Kier molecular flexibility index (Phi) is 6.13. The molecule has 0 saturated carbocycles. The van der Waals surface area contributed by atoms with Crippen LogP contribution in [0.1, 0.15) is 28.5 Å². The SMILES string of the molecule is C[C@@H](c1nnc(SCC(=O)c2cccs2)n1-c1ccc(Cl)cc1)[NH+](C)C. The third kappa shape index (κ3) is 4.17. The van der Waals surface area contributed by atoms with Gasteiger partial charge in [0.25, 0.3) is 0 Å². The quantitative estimate of drug-likeness (QED) is 0.483. The molecule has 3 aromatic rings. The van der Waals surface area contributed by atoms with Crippen molar-refractivity contribution in [3.05, 3.63) is 57.5 Å². The lowest BCUT2D eigenvalue weighted by molar-refractivity contribution is -0.890. The molecule has 0 bridgehead atoms. The summed E-state index contributed by atoms with van der Waals surface area (Å²) in [5.74, 6) is 1.29. The minimum atomic E-state index is 0.100. The van der Waals surface area contributed by atoms with Gasteiger partial charge in [-0.3, -0.25) is 9.36 Å². The van der Waals surface area contributed by atoms with Gasteiger partial charge < -0.3 is 4.90 Å². The van der Waals surface area contributed by atoms with Gasteiger partial charge in [0.15, 0.2) is 16.8 Å². The predicted molar refractivity (Wildman–Crippen MR) is 107 cm³/mol. The number of thiophene rings is 1. The van der Waals surface area contributed by atoms with E-state index in [1.807, 2.05) is 46.3 Å². The van der Waals surface area contributed by atoms with Crippen molar-refractivity contribution in [2.75, 3.05) is 19.8 Å². The van der Waals surface area contributed by atoms with Crippen molar-refractivity contribution < 1.29 is 9.69 Å². The number of hydrogen-bond acceptors (Lipinski definition) is 5. The van der Waals surface area contributed by atoms with Crippen molar-refractivity contribution in [3.63, 3.8) is 0 Å². The largest absolute Gasteiger partial charge is 0.331 e. The summed E-state index contributed by atoms with van der Waals surface area (Å²) in [6.45, 7) is 2.11. The Morgan fingerprint density at radius 3 is 2.62 bits per heavy atom. The van der Waals surface area contributed by atoms with Crippen LogP contribution in [0.25, 0.3) is 5.69 Å². The number of nitrogens with one attached hydrogen (secondary N) is 1. The molecule has 26 heavy (non-hydrogen) atoms. The second-order valence-electron chi connectivity index (χ2n) is 6.14. The first kappa shape index (κ1) is 19.1. The number of aromatic nitrogens is 3. The molecule has 136 valence electrons. The van der Waals surface area contributed by atoms with Crippen molar-refractivity contribution in [2.45, 2.75) is 18.1 Å². The highest BCUT2D eigenvalue weighted by Crippen LogP contribution is 2.26. The molecule has 2 heterocycles.